The van der Waals surface area contributed by atoms with Gasteiger partial charge in [-0.25, -0.2) is 4.79 Å². The predicted octanol–water partition coefficient (Wildman–Crippen LogP) is 1.23. The van der Waals surface area contributed by atoms with Gasteiger partial charge in [-0.2, -0.15) is 0 Å². The van der Waals surface area contributed by atoms with Crippen molar-refractivity contribution in [2.45, 2.75) is 26.2 Å². The summed E-state index contributed by atoms with van der Waals surface area (Å²) in [5.41, 5.74) is 0.649. The summed E-state index contributed by atoms with van der Waals surface area (Å²) >= 11 is 0. The summed E-state index contributed by atoms with van der Waals surface area (Å²) < 4.78 is 4.80. The molecule has 0 N–H and O–H groups in total. The van der Waals surface area contributed by atoms with Crippen LogP contribution in [0.4, 0.5) is 0 Å². The van der Waals surface area contributed by atoms with Crippen LogP contribution >= 0.6 is 0 Å². The monoisotopic (exact) mass is 168 g/mol. The molecule has 0 unspecified atom stereocenters. The highest BCUT2D eigenvalue weighted by Gasteiger charge is 2.16. The minimum absolute atomic E-state index is 0.197. The van der Waals surface area contributed by atoms with Gasteiger partial charge in [0.15, 0.2) is 0 Å². The van der Waals surface area contributed by atoms with E-state index < -0.39 is 0 Å². The summed E-state index contributed by atoms with van der Waals surface area (Å²) in [6.07, 6.45) is 3.07. The van der Waals surface area contributed by atoms with Gasteiger partial charge in [-0.15, -0.1) is 0 Å². The Bertz CT molecular complexity index is 228. The van der Waals surface area contributed by atoms with Crippen molar-refractivity contribution in [3.8, 4) is 0 Å². The van der Waals surface area contributed by atoms with Crippen molar-refractivity contribution in [3.05, 3.63) is 11.6 Å². The van der Waals surface area contributed by atoms with E-state index >= 15 is 0 Å². The zero-order chi connectivity index (χ0) is 8.97. The lowest BCUT2D eigenvalue weighted by Crippen LogP contribution is -2.13. The van der Waals surface area contributed by atoms with Gasteiger partial charge < -0.3 is 4.74 Å². The first-order chi connectivity index (χ1) is 5.74. The fourth-order valence-electron chi connectivity index (χ4n) is 1.12. The molecule has 1 aliphatic rings. The Morgan fingerprint density at radius 2 is 2.33 bits per heavy atom. The summed E-state index contributed by atoms with van der Waals surface area (Å²) in [7, 11) is 0. The van der Waals surface area contributed by atoms with Gasteiger partial charge in [0.05, 0.1) is 6.61 Å². The van der Waals surface area contributed by atoms with Crippen LogP contribution in [0, 0.1) is 0 Å². The van der Waals surface area contributed by atoms with Crippen molar-refractivity contribution in [1.82, 2.24) is 0 Å². The number of ether oxygens (including phenoxy) is 1. The average Bonchev–Trinajstić information content (AvgIpc) is 2.06. The first-order valence-electron chi connectivity index (χ1n) is 4.12. The van der Waals surface area contributed by atoms with Crippen molar-refractivity contribution in [2.75, 3.05) is 6.61 Å². The number of hydrogen-bond acceptors (Lipinski definition) is 3. The number of allylic oxidation sites excluding steroid dienone is 1. The molecule has 0 radical (unpaired) electrons. The summed E-state index contributed by atoms with van der Waals surface area (Å²) in [6, 6.07) is 0. The minimum Gasteiger partial charge on any atom is -0.463 e. The standard InChI is InChI=1S/C9H12O3/c1-2-12-9(11)7-3-5-8(10)6-4-7/h3H,2,4-6H2,1H3. The van der Waals surface area contributed by atoms with Gasteiger partial charge in [0.25, 0.3) is 0 Å². The van der Waals surface area contributed by atoms with E-state index in [9.17, 15) is 9.59 Å². The lowest BCUT2D eigenvalue weighted by molar-refractivity contribution is -0.138. The molecule has 0 aromatic carbocycles. The molecule has 0 bridgehead atoms. The van der Waals surface area contributed by atoms with Crippen LogP contribution in [0.25, 0.3) is 0 Å². The Balaban J connectivity index is 2.52. The van der Waals surface area contributed by atoms with E-state index in [1.165, 1.54) is 0 Å². The molecule has 0 aromatic rings. The molecule has 0 amide bonds. The molecule has 1 rings (SSSR count). The Kier molecular flexibility index (Phi) is 3.02. The van der Waals surface area contributed by atoms with Gasteiger partial charge in [0.1, 0.15) is 5.78 Å². The molecule has 0 atom stereocenters. The number of esters is 1. The molecule has 0 aliphatic heterocycles. The molecule has 66 valence electrons. The van der Waals surface area contributed by atoms with Gasteiger partial charge >= 0.3 is 5.97 Å². The van der Waals surface area contributed by atoms with E-state index in [1.54, 1.807) is 13.0 Å². The lowest BCUT2D eigenvalue weighted by Gasteiger charge is -2.10. The summed E-state index contributed by atoms with van der Waals surface area (Å²) in [6.45, 7) is 2.16. The van der Waals surface area contributed by atoms with Crippen LogP contribution in [0.5, 0.6) is 0 Å². The molecule has 1 aliphatic carbocycles. The SMILES string of the molecule is CCOC(=O)C1=CCC(=O)CC1. The first-order valence-corrected chi connectivity index (χ1v) is 4.12. The molecule has 0 saturated heterocycles. The maximum atomic E-state index is 11.1. The molecule has 0 aromatic heterocycles. The smallest absolute Gasteiger partial charge is 0.333 e. The molecule has 12 heavy (non-hydrogen) atoms. The molecule has 3 nitrogen and oxygen atoms in total. The number of ketones is 1. The number of carbonyl (C=O) groups is 2. The van der Waals surface area contributed by atoms with Gasteiger partial charge in [-0.1, -0.05) is 6.08 Å². The van der Waals surface area contributed by atoms with Gasteiger partial charge in [-0.05, 0) is 13.3 Å². The van der Waals surface area contributed by atoms with Crippen LogP contribution < -0.4 is 0 Å². The van der Waals surface area contributed by atoms with E-state index in [4.69, 9.17) is 4.74 Å². The fourth-order valence-corrected chi connectivity index (χ4v) is 1.12. The molecule has 3 heteroatoms. The minimum atomic E-state index is -0.273. The van der Waals surface area contributed by atoms with Crippen LogP contribution in [0.15, 0.2) is 11.6 Å². The van der Waals surface area contributed by atoms with Crippen LogP contribution in [0.1, 0.15) is 26.2 Å². The second-order valence-corrected chi connectivity index (χ2v) is 2.69. The van der Waals surface area contributed by atoms with E-state index in [2.05, 4.69) is 0 Å². The topological polar surface area (TPSA) is 43.4 Å². The van der Waals surface area contributed by atoms with Crippen molar-refractivity contribution in [1.29, 1.82) is 0 Å². The van der Waals surface area contributed by atoms with Gasteiger partial charge in [0.2, 0.25) is 0 Å². The van der Waals surface area contributed by atoms with Crippen molar-refractivity contribution in [3.63, 3.8) is 0 Å². The Morgan fingerprint density at radius 3 is 2.83 bits per heavy atom. The molecule has 0 saturated carbocycles. The Hall–Kier alpha value is -1.12. The van der Waals surface area contributed by atoms with Crippen LogP contribution in [0.3, 0.4) is 0 Å². The average molecular weight is 168 g/mol. The summed E-state index contributed by atoms with van der Waals surface area (Å²) in [4.78, 5) is 21.9. The maximum Gasteiger partial charge on any atom is 0.333 e. The van der Waals surface area contributed by atoms with Crippen LogP contribution in [0.2, 0.25) is 0 Å². The van der Waals surface area contributed by atoms with E-state index in [1.807, 2.05) is 0 Å². The fraction of sp³-hybridized carbons (Fsp3) is 0.556. The van der Waals surface area contributed by atoms with E-state index in [-0.39, 0.29) is 11.8 Å². The number of rotatable bonds is 2. The number of Topliss-reactive ketones (excluding diaryl/α,β-unsaturated/α-hetero) is 1. The normalized spacial score (nSPS) is 17.1. The van der Waals surface area contributed by atoms with Crippen LogP contribution in [-0.4, -0.2) is 18.4 Å². The highest BCUT2D eigenvalue weighted by molar-refractivity contribution is 5.93. The molecule has 0 heterocycles. The quantitative estimate of drug-likeness (QED) is 0.582. The molecular weight excluding hydrogens is 156 g/mol. The summed E-state index contributed by atoms with van der Waals surface area (Å²) in [5, 5.41) is 0. The third-order valence-corrected chi connectivity index (χ3v) is 1.79. The second kappa shape index (κ2) is 4.04. The van der Waals surface area contributed by atoms with Crippen molar-refractivity contribution >= 4 is 11.8 Å². The largest absolute Gasteiger partial charge is 0.463 e. The predicted molar refractivity (Wildman–Crippen MR) is 43.6 cm³/mol. The van der Waals surface area contributed by atoms with Crippen molar-refractivity contribution < 1.29 is 14.3 Å². The highest BCUT2D eigenvalue weighted by atomic mass is 16.5. The maximum absolute atomic E-state index is 11.1. The molecule has 0 fully saturated rings. The molecule has 0 spiro atoms. The van der Waals surface area contributed by atoms with Crippen molar-refractivity contribution in [2.24, 2.45) is 0 Å². The Labute approximate surface area is 71.4 Å². The Morgan fingerprint density at radius 1 is 1.58 bits per heavy atom. The number of carbonyl (C=O) groups excluding carboxylic acids is 2. The highest BCUT2D eigenvalue weighted by Crippen LogP contribution is 2.15. The third-order valence-electron chi connectivity index (χ3n) is 1.79. The van der Waals surface area contributed by atoms with Gasteiger partial charge in [-0.3, -0.25) is 4.79 Å². The first kappa shape index (κ1) is 8.97. The number of hydrogen-bond donors (Lipinski definition) is 0. The lowest BCUT2D eigenvalue weighted by atomic mass is 9.99. The van der Waals surface area contributed by atoms with Crippen LogP contribution in [-0.2, 0) is 14.3 Å². The summed E-state index contributed by atoms with van der Waals surface area (Å²) in [5.74, 6) is -0.0759. The van der Waals surface area contributed by atoms with E-state index in [0.717, 1.165) is 0 Å². The third kappa shape index (κ3) is 2.19. The van der Waals surface area contributed by atoms with E-state index in [0.29, 0.717) is 31.4 Å². The van der Waals surface area contributed by atoms with Gasteiger partial charge in [0, 0.05) is 18.4 Å². The zero-order valence-corrected chi connectivity index (χ0v) is 7.13. The second-order valence-electron chi connectivity index (χ2n) is 2.69. The molecular formula is C9H12O3. The zero-order valence-electron chi connectivity index (χ0n) is 7.13.